The summed E-state index contributed by atoms with van der Waals surface area (Å²) in [7, 11) is 1.79. The summed E-state index contributed by atoms with van der Waals surface area (Å²) in [4.78, 5) is 4.20. The average molecular weight is 405 g/mol. The van der Waals surface area contributed by atoms with Crippen LogP contribution in [0.5, 0.6) is 5.75 Å². The minimum absolute atomic E-state index is 0. The lowest BCUT2D eigenvalue weighted by molar-refractivity contribution is 0.242. The van der Waals surface area contributed by atoms with E-state index in [1.54, 1.807) is 7.05 Å². The highest BCUT2D eigenvalue weighted by Crippen LogP contribution is 2.13. The smallest absolute Gasteiger partial charge is 0.191 e. The van der Waals surface area contributed by atoms with E-state index in [4.69, 9.17) is 4.74 Å². The van der Waals surface area contributed by atoms with E-state index in [1.165, 1.54) is 12.0 Å². The van der Waals surface area contributed by atoms with Gasteiger partial charge in [-0.15, -0.1) is 24.0 Å². The van der Waals surface area contributed by atoms with Gasteiger partial charge in [-0.25, -0.2) is 0 Å². The van der Waals surface area contributed by atoms with Crippen LogP contribution < -0.4 is 15.4 Å². The number of benzene rings is 1. The van der Waals surface area contributed by atoms with Crippen LogP contribution in [0, 0.1) is 0 Å². The summed E-state index contributed by atoms with van der Waals surface area (Å²) >= 11 is 0. The molecule has 0 aliphatic rings. The number of hydrogen-bond donors (Lipinski definition) is 2. The van der Waals surface area contributed by atoms with Crippen LogP contribution in [0.25, 0.3) is 0 Å². The number of nitrogens with one attached hydrogen (secondary N) is 2. The molecule has 120 valence electrons. The third-order valence-corrected chi connectivity index (χ3v) is 2.80. The molecule has 5 heteroatoms. The Morgan fingerprint density at radius 1 is 1.19 bits per heavy atom. The SMILES string of the molecule is CCCCNC(=NC)NCc1ccc(OC(C)C)cc1.I. The zero-order valence-electron chi connectivity index (χ0n) is 13.5. The predicted molar refractivity (Wildman–Crippen MR) is 101 cm³/mol. The number of unbranched alkanes of at least 4 members (excludes halogenated alkanes) is 1. The van der Waals surface area contributed by atoms with Crippen molar-refractivity contribution in [2.24, 2.45) is 4.99 Å². The van der Waals surface area contributed by atoms with Gasteiger partial charge < -0.3 is 15.4 Å². The molecule has 0 aliphatic carbocycles. The van der Waals surface area contributed by atoms with Crippen LogP contribution in [0.2, 0.25) is 0 Å². The van der Waals surface area contributed by atoms with Crippen LogP contribution in [0.4, 0.5) is 0 Å². The van der Waals surface area contributed by atoms with Gasteiger partial charge in [0, 0.05) is 20.1 Å². The number of nitrogens with zero attached hydrogens (tertiary/aromatic N) is 1. The van der Waals surface area contributed by atoms with E-state index in [2.05, 4.69) is 34.7 Å². The largest absolute Gasteiger partial charge is 0.491 e. The summed E-state index contributed by atoms with van der Waals surface area (Å²) in [6, 6.07) is 8.16. The van der Waals surface area contributed by atoms with Crippen molar-refractivity contribution in [1.29, 1.82) is 0 Å². The lowest BCUT2D eigenvalue weighted by Gasteiger charge is -2.13. The van der Waals surface area contributed by atoms with E-state index in [0.29, 0.717) is 0 Å². The molecule has 2 N–H and O–H groups in total. The highest BCUT2D eigenvalue weighted by molar-refractivity contribution is 14.0. The van der Waals surface area contributed by atoms with E-state index >= 15 is 0 Å². The molecule has 1 rings (SSSR count). The summed E-state index contributed by atoms with van der Waals surface area (Å²) in [5.41, 5.74) is 1.21. The standard InChI is InChI=1S/C16H27N3O.HI/c1-5-6-11-18-16(17-4)19-12-14-7-9-15(10-8-14)20-13(2)3;/h7-10,13H,5-6,11-12H2,1-4H3,(H2,17,18,19);1H. The fourth-order valence-electron chi connectivity index (χ4n) is 1.75. The molecule has 0 fully saturated rings. The maximum absolute atomic E-state index is 5.62. The summed E-state index contributed by atoms with van der Waals surface area (Å²) in [6.45, 7) is 7.95. The van der Waals surface area contributed by atoms with Crippen molar-refractivity contribution < 1.29 is 4.74 Å². The molecule has 21 heavy (non-hydrogen) atoms. The van der Waals surface area contributed by atoms with Gasteiger partial charge in [-0.05, 0) is 38.0 Å². The lowest BCUT2D eigenvalue weighted by atomic mass is 10.2. The molecule has 4 nitrogen and oxygen atoms in total. The Labute approximate surface area is 145 Å². The molecule has 0 bridgehead atoms. The second-order valence-electron chi connectivity index (χ2n) is 5.02. The third-order valence-electron chi connectivity index (χ3n) is 2.80. The summed E-state index contributed by atoms with van der Waals surface area (Å²) in [6.07, 6.45) is 2.55. The second kappa shape index (κ2) is 11.7. The Morgan fingerprint density at radius 2 is 1.86 bits per heavy atom. The molecule has 0 saturated carbocycles. The van der Waals surface area contributed by atoms with Crippen LogP contribution >= 0.6 is 24.0 Å². The first-order chi connectivity index (χ1) is 9.65. The van der Waals surface area contributed by atoms with Gasteiger partial charge in [0.25, 0.3) is 0 Å². The Morgan fingerprint density at radius 3 is 2.38 bits per heavy atom. The zero-order chi connectivity index (χ0) is 14.8. The molecule has 0 heterocycles. The number of guanidine groups is 1. The molecule has 1 aromatic rings. The van der Waals surface area contributed by atoms with Crippen LogP contribution in [-0.4, -0.2) is 25.7 Å². The molecule has 0 saturated heterocycles. The van der Waals surface area contributed by atoms with Crippen LogP contribution in [0.3, 0.4) is 0 Å². The van der Waals surface area contributed by atoms with Crippen LogP contribution in [0.15, 0.2) is 29.3 Å². The minimum atomic E-state index is 0. The van der Waals surface area contributed by atoms with E-state index in [0.717, 1.165) is 31.2 Å². The molecule has 0 aliphatic heterocycles. The second-order valence-corrected chi connectivity index (χ2v) is 5.02. The van der Waals surface area contributed by atoms with Gasteiger partial charge >= 0.3 is 0 Å². The fourth-order valence-corrected chi connectivity index (χ4v) is 1.75. The highest BCUT2D eigenvalue weighted by atomic mass is 127. The quantitative estimate of drug-likeness (QED) is 0.316. The van der Waals surface area contributed by atoms with Crippen LogP contribution in [0.1, 0.15) is 39.2 Å². The Bertz CT molecular complexity index is 404. The fraction of sp³-hybridized carbons (Fsp3) is 0.562. The van der Waals surface area contributed by atoms with Gasteiger partial charge in [-0.1, -0.05) is 25.5 Å². The molecule has 0 amide bonds. The Balaban J connectivity index is 0.00000400. The number of rotatable bonds is 7. The van der Waals surface area contributed by atoms with Crippen molar-refractivity contribution in [1.82, 2.24) is 10.6 Å². The highest BCUT2D eigenvalue weighted by Gasteiger charge is 2.00. The first kappa shape index (κ1) is 20.0. The van der Waals surface area contributed by atoms with Crippen molar-refractivity contribution in [2.45, 2.75) is 46.3 Å². The lowest BCUT2D eigenvalue weighted by Crippen LogP contribution is -2.37. The van der Waals surface area contributed by atoms with Crippen molar-refractivity contribution in [3.8, 4) is 5.75 Å². The molecule has 0 radical (unpaired) electrons. The molecule has 0 spiro atoms. The van der Waals surface area contributed by atoms with Crippen molar-refractivity contribution in [3.63, 3.8) is 0 Å². The van der Waals surface area contributed by atoms with Gasteiger partial charge in [0.2, 0.25) is 0 Å². The van der Waals surface area contributed by atoms with Crippen molar-refractivity contribution in [2.75, 3.05) is 13.6 Å². The Kier molecular flexibility index (Phi) is 11.1. The number of aliphatic imine (C=N–C) groups is 1. The van der Waals surface area contributed by atoms with Gasteiger partial charge in [0.05, 0.1) is 6.10 Å². The van der Waals surface area contributed by atoms with Gasteiger partial charge in [-0.3, -0.25) is 4.99 Å². The molecular formula is C16H28IN3O. The topological polar surface area (TPSA) is 45.7 Å². The van der Waals surface area contributed by atoms with Gasteiger partial charge in [-0.2, -0.15) is 0 Å². The van der Waals surface area contributed by atoms with E-state index in [9.17, 15) is 0 Å². The monoisotopic (exact) mass is 405 g/mol. The molecule has 0 atom stereocenters. The molecule has 1 aromatic carbocycles. The number of hydrogen-bond acceptors (Lipinski definition) is 2. The maximum atomic E-state index is 5.62. The van der Waals surface area contributed by atoms with Crippen LogP contribution in [-0.2, 0) is 6.54 Å². The zero-order valence-corrected chi connectivity index (χ0v) is 15.8. The normalized spacial score (nSPS) is 11.0. The number of ether oxygens (including phenoxy) is 1. The third kappa shape index (κ3) is 8.80. The van der Waals surface area contributed by atoms with Crippen molar-refractivity contribution in [3.05, 3.63) is 29.8 Å². The maximum Gasteiger partial charge on any atom is 0.191 e. The minimum Gasteiger partial charge on any atom is -0.491 e. The first-order valence-corrected chi connectivity index (χ1v) is 7.35. The first-order valence-electron chi connectivity index (χ1n) is 7.35. The number of halogens is 1. The van der Waals surface area contributed by atoms with E-state index in [-0.39, 0.29) is 30.1 Å². The van der Waals surface area contributed by atoms with Gasteiger partial charge in [0.1, 0.15) is 5.75 Å². The predicted octanol–water partition coefficient (Wildman–Crippen LogP) is 3.56. The van der Waals surface area contributed by atoms with E-state index < -0.39 is 0 Å². The molecule has 0 unspecified atom stereocenters. The Hall–Kier alpha value is -0.980. The summed E-state index contributed by atoms with van der Waals surface area (Å²) in [5, 5.41) is 6.60. The summed E-state index contributed by atoms with van der Waals surface area (Å²) < 4.78 is 5.62. The van der Waals surface area contributed by atoms with E-state index in [1.807, 2.05) is 26.0 Å². The average Bonchev–Trinajstić information content (AvgIpc) is 2.43. The molecule has 0 aromatic heterocycles. The summed E-state index contributed by atoms with van der Waals surface area (Å²) in [5.74, 6) is 1.76. The van der Waals surface area contributed by atoms with Crippen molar-refractivity contribution >= 4 is 29.9 Å². The molecular weight excluding hydrogens is 377 g/mol. The van der Waals surface area contributed by atoms with Gasteiger partial charge in [0.15, 0.2) is 5.96 Å².